The van der Waals surface area contributed by atoms with Gasteiger partial charge in [-0.1, -0.05) is 0 Å². The summed E-state index contributed by atoms with van der Waals surface area (Å²) >= 11 is 0. The number of carbonyl (C=O) groups excluding carboxylic acids is 1. The highest BCUT2D eigenvalue weighted by Gasteiger charge is 2.10. The van der Waals surface area contributed by atoms with Gasteiger partial charge in [-0.25, -0.2) is 14.4 Å². The second-order valence-electron chi connectivity index (χ2n) is 2.71. The van der Waals surface area contributed by atoms with Crippen LogP contribution in [0.5, 0.6) is 0 Å². The summed E-state index contributed by atoms with van der Waals surface area (Å²) in [6.45, 7) is 1.18. The normalized spacial score (nSPS) is 10.6. The second kappa shape index (κ2) is 4.96. The summed E-state index contributed by atoms with van der Waals surface area (Å²) in [7, 11) is 0. The fourth-order valence-electron chi connectivity index (χ4n) is 0.830. The molecule has 0 spiro atoms. The van der Waals surface area contributed by atoms with Crippen molar-refractivity contribution in [2.75, 3.05) is 0 Å². The van der Waals surface area contributed by atoms with Crippen molar-refractivity contribution in [1.82, 2.24) is 0 Å². The average molecular weight is 228 g/mol. The van der Waals surface area contributed by atoms with Crippen LogP contribution in [0.1, 0.15) is 11.5 Å². The zero-order valence-corrected chi connectivity index (χ0v) is 8.26. The first kappa shape index (κ1) is 11.8. The number of hydrogen-bond donors (Lipinski definition) is 1. The van der Waals surface area contributed by atoms with Crippen LogP contribution in [0, 0.1) is 6.92 Å². The highest BCUT2D eigenvalue weighted by molar-refractivity contribution is 5.90. The molecule has 7 heteroatoms. The van der Waals surface area contributed by atoms with Crippen LogP contribution in [-0.4, -0.2) is 17.0 Å². The third kappa shape index (κ3) is 3.45. The van der Waals surface area contributed by atoms with Crippen molar-refractivity contribution in [2.24, 2.45) is 0 Å². The van der Waals surface area contributed by atoms with E-state index in [-0.39, 0.29) is 18.1 Å². The van der Waals surface area contributed by atoms with Crippen LogP contribution in [0.4, 0.5) is 0 Å². The lowest BCUT2D eigenvalue weighted by molar-refractivity contribution is -0.140. The van der Waals surface area contributed by atoms with Gasteiger partial charge in [0.25, 0.3) is 0 Å². The number of aryl methyl sites for hydroxylation is 1. The molecule has 0 aliphatic carbocycles. The molecule has 0 unspecified atom stereocenters. The lowest BCUT2D eigenvalue weighted by Crippen LogP contribution is -2.02. The topological polar surface area (TPSA) is 107 Å². The van der Waals surface area contributed by atoms with Gasteiger partial charge >= 0.3 is 17.8 Å². The minimum absolute atomic E-state index is 0.0853. The van der Waals surface area contributed by atoms with Crippen molar-refractivity contribution in [3.63, 3.8) is 0 Å². The van der Waals surface area contributed by atoms with E-state index in [1.165, 1.54) is 6.92 Å². The molecule has 0 saturated carbocycles. The van der Waals surface area contributed by atoms with E-state index in [1.807, 2.05) is 0 Å². The van der Waals surface area contributed by atoms with Gasteiger partial charge in [0.2, 0.25) is 0 Å². The summed E-state index contributed by atoms with van der Waals surface area (Å²) in [4.78, 5) is 31.6. The van der Waals surface area contributed by atoms with Gasteiger partial charge in [-0.3, -0.25) is 0 Å². The number of esters is 1. The first-order valence-electron chi connectivity index (χ1n) is 4.16. The van der Waals surface area contributed by atoms with Crippen molar-refractivity contribution in [2.45, 2.75) is 13.5 Å². The molecule has 0 bridgehead atoms. The summed E-state index contributed by atoms with van der Waals surface area (Å²) in [6.07, 6.45) is 1.39. The van der Waals surface area contributed by atoms with E-state index in [1.54, 1.807) is 0 Å². The summed E-state index contributed by atoms with van der Waals surface area (Å²) in [5.74, 6) is -2.71. The van der Waals surface area contributed by atoms with Crippen LogP contribution in [0.15, 0.2) is 25.8 Å². The quantitative estimate of drug-likeness (QED) is 0.580. The number of aliphatic carboxylic acids is 1. The van der Waals surface area contributed by atoms with Crippen molar-refractivity contribution in [3.05, 3.63) is 34.3 Å². The van der Waals surface area contributed by atoms with Gasteiger partial charge in [-0.15, -0.1) is 0 Å². The Hall–Kier alpha value is -2.31. The molecule has 0 aromatic carbocycles. The zero-order valence-electron chi connectivity index (χ0n) is 8.26. The van der Waals surface area contributed by atoms with E-state index < -0.39 is 17.8 Å². The largest absolute Gasteiger partial charge is 0.519 e. The molecule has 0 radical (unpaired) electrons. The molecule has 1 heterocycles. The lowest BCUT2D eigenvalue weighted by Gasteiger charge is -1.97. The maximum Gasteiger partial charge on any atom is 0.519 e. The van der Waals surface area contributed by atoms with Crippen molar-refractivity contribution < 1.29 is 28.3 Å². The summed E-state index contributed by atoms with van der Waals surface area (Å²) in [5.41, 5.74) is 0. The second-order valence-corrected chi connectivity index (χ2v) is 2.71. The number of carboxylic acid groups (broad SMARTS) is 1. The predicted octanol–water partition coefficient (Wildman–Crippen LogP) is 0.225. The van der Waals surface area contributed by atoms with Crippen molar-refractivity contribution in [3.8, 4) is 0 Å². The molecular weight excluding hydrogens is 220 g/mol. The first-order chi connectivity index (χ1) is 7.49. The molecule has 0 saturated heterocycles. The van der Waals surface area contributed by atoms with Crippen LogP contribution >= 0.6 is 0 Å². The highest BCUT2D eigenvalue weighted by Crippen LogP contribution is 2.06. The van der Waals surface area contributed by atoms with Crippen LogP contribution in [0.3, 0.4) is 0 Å². The van der Waals surface area contributed by atoms with Gasteiger partial charge in [0, 0.05) is 12.2 Å². The fourth-order valence-corrected chi connectivity index (χ4v) is 0.830. The van der Waals surface area contributed by atoms with Gasteiger partial charge < -0.3 is 18.7 Å². The molecule has 1 rings (SSSR count). The molecule has 1 aromatic rings. The van der Waals surface area contributed by atoms with Gasteiger partial charge in [-0.2, -0.15) is 0 Å². The Morgan fingerprint density at radius 2 is 2.06 bits per heavy atom. The summed E-state index contributed by atoms with van der Waals surface area (Å²) in [6, 6.07) is 0. The summed E-state index contributed by atoms with van der Waals surface area (Å²) < 4.78 is 13.7. The third-order valence-corrected chi connectivity index (χ3v) is 1.54. The Balaban J connectivity index is 2.52. The molecule has 0 aliphatic rings. The molecule has 7 nitrogen and oxygen atoms in total. The van der Waals surface area contributed by atoms with Crippen LogP contribution in [0.25, 0.3) is 0 Å². The monoisotopic (exact) mass is 228 g/mol. The Bertz CT molecular complexity index is 476. The number of ether oxygens (including phenoxy) is 1. The third-order valence-electron chi connectivity index (χ3n) is 1.54. The van der Waals surface area contributed by atoms with Crippen molar-refractivity contribution >= 4 is 11.9 Å². The Morgan fingerprint density at radius 3 is 2.56 bits per heavy atom. The van der Waals surface area contributed by atoms with Gasteiger partial charge in [0.15, 0.2) is 18.1 Å². The smallest absolute Gasteiger partial charge is 0.478 e. The molecule has 0 aliphatic heterocycles. The van der Waals surface area contributed by atoms with Crippen LogP contribution in [-0.2, 0) is 20.9 Å². The van der Waals surface area contributed by atoms with E-state index >= 15 is 0 Å². The standard InChI is InChI=1S/C9H8O7/c1-5-6(16-9(13)15-5)4-14-8(12)3-2-7(10)11/h2-3H,4H2,1H3,(H,10,11)/b3-2+. The van der Waals surface area contributed by atoms with E-state index in [0.29, 0.717) is 6.08 Å². The molecule has 86 valence electrons. The predicted molar refractivity (Wildman–Crippen MR) is 48.6 cm³/mol. The average Bonchev–Trinajstić information content (AvgIpc) is 2.51. The molecule has 1 N–H and O–H groups in total. The minimum Gasteiger partial charge on any atom is -0.478 e. The molecule has 0 fully saturated rings. The van der Waals surface area contributed by atoms with E-state index in [0.717, 1.165) is 6.08 Å². The molecule has 0 atom stereocenters. The Morgan fingerprint density at radius 1 is 1.38 bits per heavy atom. The van der Waals surface area contributed by atoms with Gasteiger partial charge in [0.05, 0.1) is 0 Å². The number of carboxylic acids is 1. The highest BCUT2D eigenvalue weighted by atomic mass is 16.6. The number of rotatable bonds is 4. The van der Waals surface area contributed by atoms with Crippen LogP contribution < -0.4 is 5.82 Å². The molecule has 16 heavy (non-hydrogen) atoms. The first-order valence-corrected chi connectivity index (χ1v) is 4.16. The molecule has 0 amide bonds. The van der Waals surface area contributed by atoms with Gasteiger partial charge in [-0.05, 0) is 6.92 Å². The van der Waals surface area contributed by atoms with Gasteiger partial charge in [0.1, 0.15) is 0 Å². The summed E-state index contributed by atoms with van der Waals surface area (Å²) in [5, 5.41) is 8.23. The Labute approximate surface area is 88.9 Å². The van der Waals surface area contributed by atoms with E-state index in [9.17, 15) is 14.4 Å². The van der Waals surface area contributed by atoms with Crippen LogP contribution in [0.2, 0.25) is 0 Å². The maximum absolute atomic E-state index is 10.9. The number of hydrogen-bond acceptors (Lipinski definition) is 6. The fraction of sp³-hybridized carbons (Fsp3) is 0.222. The molecular formula is C9H8O7. The SMILES string of the molecule is Cc1oc(=O)oc1COC(=O)/C=C/C(=O)O. The van der Waals surface area contributed by atoms with E-state index in [2.05, 4.69) is 13.6 Å². The lowest BCUT2D eigenvalue weighted by atomic mass is 10.4. The zero-order chi connectivity index (χ0) is 12.1. The van der Waals surface area contributed by atoms with Crippen molar-refractivity contribution in [1.29, 1.82) is 0 Å². The minimum atomic E-state index is -1.26. The maximum atomic E-state index is 10.9. The number of carbonyl (C=O) groups is 2. The van der Waals surface area contributed by atoms with E-state index in [4.69, 9.17) is 5.11 Å². The molecule has 1 aromatic heterocycles. The Kier molecular flexibility index (Phi) is 3.65.